The Kier molecular flexibility index (Phi) is 8.05. The molecule has 1 aromatic rings. The lowest BCUT2D eigenvalue weighted by molar-refractivity contribution is -0.252. The number of fused-ring (bicyclic) bond motifs is 1. The number of aliphatic hydroxyl groups is 2. The summed E-state index contributed by atoms with van der Waals surface area (Å²) in [5.74, 6) is -0.920. The second-order valence-electron chi connectivity index (χ2n) is 16.4. The predicted molar refractivity (Wildman–Crippen MR) is 168 cm³/mol. The van der Waals surface area contributed by atoms with E-state index in [1.54, 1.807) is 6.26 Å². The first-order valence-corrected chi connectivity index (χ1v) is 17.9. The summed E-state index contributed by atoms with van der Waals surface area (Å²) in [6.45, 7) is 10.5. The maximum atomic E-state index is 14.8. The number of rotatable bonds is 11. The van der Waals surface area contributed by atoms with Crippen LogP contribution >= 0.6 is 0 Å². The average molecular weight is 657 g/mol. The molecule has 10 nitrogen and oxygen atoms in total. The van der Waals surface area contributed by atoms with E-state index in [-0.39, 0.29) is 37.3 Å². The monoisotopic (exact) mass is 656 g/mol. The quantitative estimate of drug-likeness (QED) is 0.189. The number of aryl methyl sites for hydroxylation is 1. The molecule has 1 aromatic heterocycles. The SMILES string of the molecule is CC(C)CC[C@@]1(C)O[C@H]2CC(=O)OC[C@@]23[C@H]2CC[C@]4(C)[C@H](c5ccoc5CCCCCCCO)OC(=O)[C@H]5O[C@@]54[C@@]2(C)[C@H](O)C(=O)[C@H]31. The fraction of sp³-hybridized carbons (Fsp3) is 0.811. The van der Waals surface area contributed by atoms with E-state index in [2.05, 4.69) is 20.8 Å². The van der Waals surface area contributed by atoms with Gasteiger partial charge in [0.25, 0.3) is 0 Å². The van der Waals surface area contributed by atoms with Gasteiger partial charge in [0.1, 0.15) is 30.2 Å². The van der Waals surface area contributed by atoms with Crippen LogP contribution in [0.5, 0.6) is 0 Å². The highest BCUT2D eigenvalue weighted by Gasteiger charge is 2.90. The maximum Gasteiger partial charge on any atom is 0.339 e. The number of aliphatic hydroxyl groups excluding tert-OH is 2. The lowest BCUT2D eigenvalue weighted by Gasteiger charge is -2.66. The number of epoxide rings is 1. The minimum absolute atomic E-state index is 0.0483. The van der Waals surface area contributed by atoms with Crippen LogP contribution in [0.2, 0.25) is 0 Å². The summed E-state index contributed by atoms with van der Waals surface area (Å²) in [4.78, 5) is 41.3. The molecule has 2 aliphatic carbocycles. The molecule has 0 aromatic carbocycles. The van der Waals surface area contributed by atoms with E-state index in [1.165, 1.54) is 0 Å². The summed E-state index contributed by atoms with van der Waals surface area (Å²) in [5.41, 5.74) is -3.98. The number of esters is 2. The van der Waals surface area contributed by atoms with Crippen molar-refractivity contribution in [2.75, 3.05) is 13.2 Å². The zero-order valence-corrected chi connectivity index (χ0v) is 28.5. The van der Waals surface area contributed by atoms with Gasteiger partial charge in [-0.25, -0.2) is 4.79 Å². The Morgan fingerprint density at radius 3 is 2.49 bits per heavy atom. The van der Waals surface area contributed by atoms with E-state index in [9.17, 15) is 19.5 Å². The van der Waals surface area contributed by atoms with Crippen molar-refractivity contribution in [1.82, 2.24) is 0 Å². The number of ether oxygens (including phenoxy) is 4. The molecule has 0 amide bonds. The minimum Gasteiger partial charge on any atom is -0.469 e. The van der Waals surface area contributed by atoms with E-state index in [0.29, 0.717) is 31.6 Å². The first-order chi connectivity index (χ1) is 22.3. The Hall–Kier alpha value is -2.27. The predicted octanol–water partition coefficient (Wildman–Crippen LogP) is 5.01. The molecule has 6 aliphatic rings. The summed E-state index contributed by atoms with van der Waals surface area (Å²) in [7, 11) is 0. The molecule has 5 heterocycles. The Bertz CT molecular complexity index is 1420. The van der Waals surface area contributed by atoms with E-state index in [0.717, 1.165) is 49.8 Å². The first-order valence-electron chi connectivity index (χ1n) is 17.9. The van der Waals surface area contributed by atoms with Crippen LogP contribution < -0.4 is 0 Å². The van der Waals surface area contributed by atoms with Gasteiger partial charge in [-0.1, -0.05) is 47.0 Å². The average Bonchev–Trinajstić information content (AvgIpc) is 3.57. The highest BCUT2D eigenvalue weighted by molar-refractivity contribution is 5.92. The molecule has 2 N–H and O–H groups in total. The number of furan rings is 1. The van der Waals surface area contributed by atoms with Crippen molar-refractivity contribution in [2.45, 2.75) is 141 Å². The van der Waals surface area contributed by atoms with Crippen LogP contribution in [0.25, 0.3) is 0 Å². The molecule has 0 radical (unpaired) electrons. The smallest absolute Gasteiger partial charge is 0.339 e. The van der Waals surface area contributed by atoms with Gasteiger partial charge >= 0.3 is 11.9 Å². The Morgan fingerprint density at radius 2 is 1.74 bits per heavy atom. The topological polar surface area (TPSA) is 145 Å². The molecule has 11 atom stereocenters. The van der Waals surface area contributed by atoms with Crippen LogP contribution in [0.4, 0.5) is 0 Å². The van der Waals surface area contributed by atoms with Crippen LogP contribution in [0.3, 0.4) is 0 Å². The Balaban J connectivity index is 1.26. The van der Waals surface area contributed by atoms with Crippen LogP contribution in [-0.4, -0.2) is 70.7 Å². The van der Waals surface area contributed by atoms with Gasteiger partial charge in [0.15, 0.2) is 11.9 Å². The van der Waals surface area contributed by atoms with E-state index >= 15 is 0 Å². The summed E-state index contributed by atoms with van der Waals surface area (Å²) in [5, 5.41) is 21.4. The summed E-state index contributed by atoms with van der Waals surface area (Å²) in [6.07, 6.45) is 6.28. The summed E-state index contributed by atoms with van der Waals surface area (Å²) < 4.78 is 31.4. The summed E-state index contributed by atoms with van der Waals surface area (Å²) in [6, 6.07) is 1.88. The van der Waals surface area contributed by atoms with Crippen molar-refractivity contribution in [2.24, 2.45) is 34.0 Å². The van der Waals surface area contributed by atoms with Crippen LogP contribution in [0, 0.1) is 34.0 Å². The van der Waals surface area contributed by atoms with Gasteiger partial charge in [-0.3, -0.25) is 9.59 Å². The normalized spacial score (nSPS) is 45.0. The third-order valence-corrected chi connectivity index (χ3v) is 13.6. The zero-order chi connectivity index (χ0) is 33.6. The van der Waals surface area contributed by atoms with E-state index < -0.39 is 63.8 Å². The van der Waals surface area contributed by atoms with Gasteiger partial charge in [0.05, 0.1) is 30.3 Å². The van der Waals surface area contributed by atoms with Crippen LogP contribution in [0.15, 0.2) is 16.7 Å². The number of hydrogen-bond acceptors (Lipinski definition) is 10. The van der Waals surface area contributed by atoms with Crippen molar-refractivity contribution in [3.8, 4) is 0 Å². The van der Waals surface area contributed by atoms with Crippen LogP contribution in [0.1, 0.15) is 116 Å². The van der Waals surface area contributed by atoms with Crippen molar-refractivity contribution in [3.63, 3.8) is 0 Å². The number of cyclic esters (lactones) is 2. The van der Waals surface area contributed by atoms with Crippen molar-refractivity contribution in [1.29, 1.82) is 0 Å². The fourth-order valence-electron chi connectivity index (χ4n) is 11.4. The Labute approximate surface area is 277 Å². The molecule has 7 rings (SSSR count). The van der Waals surface area contributed by atoms with Crippen LogP contribution in [-0.2, 0) is 39.8 Å². The minimum atomic E-state index is -1.40. The number of carbonyl (C=O) groups is 3. The van der Waals surface area contributed by atoms with Crippen molar-refractivity contribution in [3.05, 3.63) is 23.7 Å². The molecular weight excluding hydrogens is 604 g/mol. The molecule has 2 spiro atoms. The molecule has 4 saturated heterocycles. The number of ketones is 1. The third-order valence-electron chi connectivity index (χ3n) is 13.6. The van der Waals surface area contributed by atoms with Crippen molar-refractivity contribution >= 4 is 17.7 Å². The molecule has 2 saturated carbocycles. The summed E-state index contributed by atoms with van der Waals surface area (Å²) >= 11 is 0. The van der Waals surface area contributed by atoms with E-state index in [4.69, 9.17) is 28.5 Å². The highest BCUT2D eigenvalue weighted by atomic mass is 16.7. The second-order valence-corrected chi connectivity index (χ2v) is 16.4. The van der Waals surface area contributed by atoms with E-state index in [1.807, 2.05) is 19.9 Å². The van der Waals surface area contributed by atoms with Gasteiger partial charge in [-0.05, 0) is 63.4 Å². The highest BCUT2D eigenvalue weighted by Crippen LogP contribution is 2.80. The molecule has 0 bridgehead atoms. The molecule has 6 fully saturated rings. The maximum absolute atomic E-state index is 14.8. The number of Topliss-reactive ketones (excluding diaryl/α,β-unsaturated/α-hetero) is 1. The zero-order valence-electron chi connectivity index (χ0n) is 28.5. The fourth-order valence-corrected chi connectivity index (χ4v) is 11.4. The van der Waals surface area contributed by atoms with Gasteiger partial charge in [0, 0.05) is 34.8 Å². The number of carbonyl (C=O) groups excluding carboxylic acids is 3. The molecule has 4 aliphatic heterocycles. The molecule has 47 heavy (non-hydrogen) atoms. The first kappa shape index (κ1) is 33.2. The molecule has 10 heteroatoms. The third kappa shape index (κ3) is 4.39. The van der Waals surface area contributed by atoms with Gasteiger partial charge in [-0.2, -0.15) is 0 Å². The molecule has 0 unspecified atom stereocenters. The molecular formula is C37H52O10. The standard InChI is InChI=1S/C37H52O10/c1-21(2)12-16-34(4)28-27(40)29(41)35(5)24(36(28)20-44-26(39)19-25(36)46-34)13-15-33(3)30(45-32(42)31-37(33,35)47-31)22-14-18-43-23(22)11-9-7-6-8-10-17-38/h14,18,21,24-25,28-31,38,41H,6-13,15-17,19-20H2,1-5H3/t24-,25-,28-,29+,30-,31+,33+,34+,35+,36+,37-/m0/s1. The lowest BCUT2D eigenvalue weighted by atomic mass is 9.36. The number of hydrogen-bond donors (Lipinski definition) is 2. The largest absolute Gasteiger partial charge is 0.469 e. The van der Waals surface area contributed by atoms with Gasteiger partial charge in [-0.15, -0.1) is 0 Å². The Morgan fingerprint density at radius 1 is 1.00 bits per heavy atom. The van der Waals surface area contributed by atoms with Crippen molar-refractivity contribution < 1.29 is 48.0 Å². The second kappa shape index (κ2) is 11.4. The molecule has 260 valence electrons. The number of unbranched alkanes of at least 4 members (excludes halogenated alkanes) is 4. The van der Waals surface area contributed by atoms with Gasteiger partial charge < -0.3 is 33.6 Å². The lowest BCUT2D eigenvalue weighted by Crippen LogP contribution is -2.76. The van der Waals surface area contributed by atoms with Gasteiger partial charge in [0.2, 0.25) is 0 Å².